The second-order valence-electron chi connectivity index (χ2n) is 6.04. The lowest BCUT2D eigenvalue weighted by atomic mass is 10.1. The first-order valence-corrected chi connectivity index (χ1v) is 11.0. The summed E-state index contributed by atoms with van der Waals surface area (Å²) >= 11 is 0. The Labute approximate surface area is 174 Å². The van der Waals surface area contributed by atoms with Gasteiger partial charge < -0.3 is 14.4 Å². The van der Waals surface area contributed by atoms with Crippen LogP contribution in [0.1, 0.15) is 5.56 Å². The summed E-state index contributed by atoms with van der Waals surface area (Å²) in [6.07, 6.45) is 0.998. The zero-order valence-corrected chi connectivity index (χ0v) is 18.1. The number of ether oxygens (including phenoxy) is 2. The smallest absolute Gasteiger partial charge is 0.496 e. The van der Waals surface area contributed by atoms with Gasteiger partial charge in [-0.2, -0.15) is 26.3 Å². The number of hydrogen-bond acceptors (Lipinski definition) is 6. The van der Waals surface area contributed by atoms with Crippen LogP contribution in [0.3, 0.4) is 0 Å². The van der Waals surface area contributed by atoms with E-state index in [4.69, 9.17) is 9.47 Å². The van der Waals surface area contributed by atoms with E-state index in [-0.39, 0.29) is 23.1 Å². The van der Waals surface area contributed by atoms with Crippen LogP contribution in [0.15, 0.2) is 28.5 Å². The molecule has 0 heterocycles. The van der Waals surface area contributed by atoms with E-state index in [1.165, 1.54) is 26.4 Å². The lowest BCUT2D eigenvalue weighted by molar-refractivity contribution is -0.786. The van der Waals surface area contributed by atoms with Crippen molar-refractivity contribution in [3.8, 4) is 11.5 Å². The van der Waals surface area contributed by atoms with E-state index in [2.05, 4.69) is 0 Å². The van der Waals surface area contributed by atoms with E-state index in [1.54, 1.807) is 14.1 Å². The highest BCUT2D eigenvalue weighted by Crippen LogP contribution is 2.39. The maximum atomic E-state index is 12.8. The summed E-state index contributed by atoms with van der Waals surface area (Å²) in [5.74, 6) is 0.385. The zero-order chi connectivity index (χ0) is 24.4. The first kappa shape index (κ1) is 26.8. The minimum atomic E-state index is -6.84. The Bertz CT molecular complexity index is 1040. The van der Waals surface area contributed by atoms with Gasteiger partial charge in [-0.1, -0.05) is 12.2 Å². The van der Waals surface area contributed by atoms with Gasteiger partial charge in [0.05, 0.1) is 28.3 Å². The minimum Gasteiger partial charge on any atom is -0.496 e. The Morgan fingerprint density at radius 1 is 0.871 bits per heavy atom. The van der Waals surface area contributed by atoms with Crippen molar-refractivity contribution in [3.05, 3.63) is 34.1 Å². The zero-order valence-electron chi connectivity index (χ0n) is 16.4. The molecule has 0 atom stereocenters. The lowest BCUT2D eigenvalue weighted by Gasteiger charge is -2.15. The maximum absolute atomic E-state index is 12.8. The molecule has 1 aromatic carbocycles. The van der Waals surface area contributed by atoms with Gasteiger partial charge in [0.15, 0.2) is 15.7 Å². The van der Waals surface area contributed by atoms with E-state index in [0.717, 1.165) is 11.0 Å². The Hall–Kier alpha value is -2.26. The molecule has 7 nitrogen and oxygen atoms in total. The Morgan fingerprint density at radius 3 is 1.68 bits per heavy atom. The summed E-state index contributed by atoms with van der Waals surface area (Å²) in [5, 5.41) is 0. The van der Waals surface area contributed by atoms with E-state index in [9.17, 15) is 43.2 Å². The predicted molar refractivity (Wildman–Crippen MR) is 99.1 cm³/mol. The molecule has 0 aliphatic heterocycles. The molecule has 1 aromatic rings. The highest BCUT2D eigenvalue weighted by Gasteiger charge is 2.59. The quantitative estimate of drug-likeness (QED) is 0.458. The van der Waals surface area contributed by atoms with Gasteiger partial charge in [-0.3, -0.25) is 0 Å². The fourth-order valence-electron chi connectivity index (χ4n) is 2.22. The summed E-state index contributed by atoms with van der Waals surface area (Å²) in [6.45, 7) is 0. The van der Waals surface area contributed by atoms with Crippen LogP contribution in [0.4, 0.5) is 32.0 Å². The second-order valence-corrected chi connectivity index (χ2v) is 10.1. The number of hydrogen-bond donors (Lipinski definition) is 1. The molecule has 0 saturated heterocycles. The number of sulfone groups is 2. The molecule has 0 amide bonds. The van der Waals surface area contributed by atoms with Crippen molar-refractivity contribution in [3.63, 3.8) is 0 Å². The number of nitrogens with one attached hydrogen (secondary N) is 1. The highest BCUT2D eigenvalue weighted by atomic mass is 32.3. The Balaban J connectivity index is 3.71. The summed E-state index contributed by atoms with van der Waals surface area (Å²) < 4.78 is 130. The highest BCUT2D eigenvalue weighted by molar-refractivity contribution is 8.15. The van der Waals surface area contributed by atoms with E-state index >= 15 is 0 Å². The average Bonchev–Trinajstić information content (AvgIpc) is 2.61. The van der Waals surface area contributed by atoms with Crippen molar-refractivity contribution in [2.75, 3.05) is 28.3 Å². The SMILES string of the molecule is COc1cc([NH+](C)C)c(OC)cc1C=CC=C(S(=O)(=O)C(F)(F)F)S(=O)(=O)C(F)(F)F. The number of rotatable bonds is 7. The van der Waals surface area contributed by atoms with Gasteiger partial charge in [0.2, 0.25) is 0 Å². The molecule has 1 N–H and O–H groups in total. The van der Waals surface area contributed by atoms with Crippen LogP contribution in [0.2, 0.25) is 0 Å². The van der Waals surface area contributed by atoms with E-state index in [1.807, 2.05) is 0 Å². The molecule has 176 valence electrons. The molecule has 1 rings (SSSR count). The third kappa shape index (κ3) is 5.51. The molecule has 0 bridgehead atoms. The van der Waals surface area contributed by atoms with Crippen LogP contribution in [-0.4, -0.2) is 56.2 Å². The van der Waals surface area contributed by atoms with Crippen molar-refractivity contribution in [2.45, 2.75) is 11.0 Å². The van der Waals surface area contributed by atoms with Crippen LogP contribution in [0.25, 0.3) is 6.08 Å². The fraction of sp³-hybridized carbons (Fsp3) is 0.375. The van der Waals surface area contributed by atoms with Crippen LogP contribution in [0.5, 0.6) is 11.5 Å². The number of quaternary nitrogens is 1. The number of benzene rings is 1. The van der Waals surface area contributed by atoms with Gasteiger partial charge in [0.25, 0.3) is 19.7 Å². The number of halogens is 6. The van der Waals surface area contributed by atoms with Gasteiger partial charge in [-0.15, -0.1) is 0 Å². The van der Waals surface area contributed by atoms with E-state index in [0.29, 0.717) is 11.8 Å². The van der Waals surface area contributed by atoms with Crippen molar-refractivity contribution >= 4 is 31.4 Å². The topological polar surface area (TPSA) is 91.2 Å². The first-order valence-electron chi connectivity index (χ1n) is 7.99. The predicted octanol–water partition coefficient (Wildman–Crippen LogP) is 2.20. The molecule has 31 heavy (non-hydrogen) atoms. The molecular weight excluding hydrogens is 480 g/mol. The normalized spacial score (nSPS) is 13.5. The average molecular weight is 498 g/mol. The van der Waals surface area contributed by atoms with Crippen molar-refractivity contribution in [1.29, 1.82) is 0 Å². The summed E-state index contributed by atoms with van der Waals surface area (Å²) in [6, 6.07) is 2.79. The summed E-state index contributed by atoms with van der Waals surface area (Å²) in [4.78, 5) is 0.792. The van der Waals surface area contributed by atoms with Gasteiger partial charge in [-0.25, -0.2) is 16.8 Å². The molecule has 0 aliphatic carbocycles. The number of methoxy groups -OCH3 is 2. The van der Waals surface area contributed by atoms with Crippen molar-refractivity contribution in [2.24, 2.45) is 0 Å². The van der Waals surface area contributed by atoms with Crippen LogP contribution >= 0.6 is 0 Å². The molecule has 0 spiro atoms. The maximum Gasteiger partial charge on any atom is 0.502 e. The second kappa shape index (κ2) is 9.08. The first-order chi connectivity index (χ1) is 13.9. The molecule has 0 fully saturated rings. The van der Waals surface area contributed by atoms with Gasteiger partial charge in [0.1, 0.15) is 5.75 Å². The van der Waals surface area contributed by atoms with Crippen molar-refractivity contribution in [1.82, 2.24) is 0 Å². The number of alkyl halides is 6. The van der Waals surface area contributed by atoms with Crippen LogP contribution in [-0.2, 0) is 19.7 Å². The van der Waals surface area contributed by atoms with Crippen molar-refractivity contribution < 1.29 is 57.6 Å². The molecule has 0 unspecified atom stereocenters. The van der Waals surface area contributed by atoms with Crippen LogP contribution < -0.4 is 14.4 Å². The van der Waals surface area contributed by atoms with Crippen LogP contribution in [0, 0.1) is 0 Å². The molecule has 0 aliphatic rings. The Morgan fingerprint density at radius 2 is 1.32 bits per heavy atom. The molecule has 15 heteroatoms. The number of allylic oxidation sites excluding steroid dienone is 2. The third-order valence-electron chi connectivity index (χ3n) is 3.74. The third-order valence-corrected chi connectivity index (χ3v) is 7.60. The molecular formula is C16H18F6NO6S2+. The minimum absolute atomic E-state index is 0.0637. The molecule has 0 radical (unpaired) electrons. The molecule has 0 saturated carbocycles. The fourth-order valence-corrected chi connectivity index (χ4v) is 4.92. The van der Waals surface area contributed by atoms with Gasteiger partial charge >= 0.3 is 11.0 Å². The monoisotopic (exact) mass is 498 g/mol. The van der Waals surface area contributed by atoms with E-state index < -0.39 is 34.9 Å². The lowest BCUT2D eigenvalue weighted by Crippen LogP contribution is -3.00. The largest absolute Gasteiger partial charge is 0.502 e. The Kier molecular flexibility index (Phi) is 7.84. The summed E-state index contributed by atoms with van der Waals surface area (Å²) in [5.41, 5.74) is -11.9. The summed E-state index contributed by atoms with van der Waals surface area (Å²) in [7, 11) is -7.65. The van der Waals surface area contributed by atoms with Gasteiger partial charge in [-0.05, 0) is 12.1 Å². The van der Waals surface area contributed by atoms with Gasteiger partial charge in [0, 0.05) is 11.6 Å². The standard InChI is InChI=1S/C16H17F6NO6S2/c1-23(2)11-9-12(28-3)10(8-13(11)29-4)6-5-7-14(30(24,25)15(17,18)19)31(26,27)16(20,21)22/h5-9H,1-4H3/p+1. The molecule has 0 aromatic heterocycles.